The first kappa shape index (κ1) is 10.7. The highest BCUT2D eigenvalue weighted by Gasteiger charge is 2.31. The number of hydrogen-bond acceptors (Lipinski definition) is 3. The molecule has 1 aromatic heterocycles. The first-order valence-electron chi connectivity index (χ1n) is 6.07. The summed E-state index contributed by atoms with van der Waals surface area (Å²) in [4.78, 5) is 7.58. The van der Waals surface area contributed by atoms with Crippen molar-refractivity contribution in [2.45, 2.75) is 25.4 Å². The molecule has 1 saturated heterocycles. The molecule has 2 heterocycles. The molecule has 1 unspecified atom stereocenters. The first-order valence-corrected chi connectivity index (χ1v) is 6.07. The third kappa shape index (κ3) is 1.83. The van der Waals surface area contributed by atoms with Crippen molar-refractivity contribution >= 4 is 11.0 Å². The Kier molecular flexibility index (Phi) is 2.42. The maximum Gasteiger partial charge on any atom is 0.104 e. The van der Waals surface area contributed by atoms with E-state index in [2.05, 4.69) is 15.3 Å². The summed E-state index contributed by atoms with van der Waals surface area (Å²) in [5.41, 5.74) is 2.20. The fourth-order valence-electron chi connectivity index (χ4n) is 2.56. The van der Waals surface area contributed by atoms with Gasteiger partial charge in [-0.05, 0) is 44.0 Å². The molecular weight excluding hydrogens is 214 g/mol. The standard InChI is InChI=1S/C13H17N3O/c1-9-15-11-4-3-10(7-12(11)16-9)13(17)5-2-6-14-8-13/h3-4,7,14,17H,2,5-6,8H2,1H3,(H,15,16). The van der Waals surface area contributed by atoms with Crippen LogP contribution in [-0.4, -0.2) is 28.2 Å². The largest absolute Gasteiger partial charge is 0.384 e. The molecule has 90 valence electrons. The molecule has 2 aromatic rings. The van der Waals surface area contributed by atoms with Crippen LogP contribution in [0, 0.1) is 6.92 Å². The Balaban J connectivity index is 2.04. The van der Waals surface area contributed by atoms with Gasteiger partial charge in [-0.2, -0.15) is 0 Å². The van der Waals surface area contributed by atoms with Gasteiger partial charge in [0.05, 0.1) is 11.0 Å². The minimum Gasteiger partial charge on any atom is -0.384 e. The van der Waals surface area contributed by atoms with E-state index in [1.165, 1.54) is 0 Å². The summed E-state index contributed by atoms with van der Waals surface area (Å²) in [6.45, 7) is 3.57. The topological polar surface area (TPSA) is 60.9 Å². The number of hydrogen-bond donors (Lipinski definition) is 3. The van der Waals surface area contributed by atoms with Crippen molar-refractivity contribution in [3.05, 3.63) is 29.6 Å². The van der Waals surface area contributed by atoms with Crippen LogP contribution in [0.3, 0.4) is 0 Å². The number of nitrogens with zero attached hydrogens (tertiary/aromatic N) is 1. The zero-order chi connectivity index (χ0) is 11.9. The molecule has 1 fully saturated rings. The molecule has 0 saturated carbocycles. The van der Waals surface area contributed by atoms with Crippen LogP contribution in [0.4, 0.5) is 0 Å². The van der Waals surface area contributed by atoms with E-state index in [0.29, 0.717) is 6.54 Å². The number of aryl methyl sites for hydroxylation is 1. The number of fused-ring (bicyclic) bond motifs is 1. The van der Waals surface area contributed by atoms with Gasteiger partial charge in [0.2, 0.25) is 0 Å². The maximum absolute atomic E-state index is 10.6. The molecule has 1 atom stereocenters. The second kappa shape index (κ2) is 3.82. The predicted molar refractivity (Wildman–Crippen MR) is 66.8 cm³/mol. The molecule has 3 N–H and O–H groups in total. The Morgan fingerprint density at radius 1 is 1.41 bits per heavy atom. The summed E-state index contributed by atoms with van der Waals surface area (Å²) in [7, 11) is 0. The van der Waals surface area contributed by atoms with Gasteiger partial charge in [-0.3, -0.25) is 0 Å². The third-order valence-electron chi connectivity index (χ3n) is 3.50. The Morgan fingerprint density at radius 2 is 2.29 bits per heavy atom. The molecular formula is C13H17N3O. The van der Waals surface area contributed by atoms with Crippen molar-refractivity contribution in [2.75, 3.05) is 13.1 Å². The second-order valence-electron chi connectivity index (χ2n) is 4.87. The lowest BCUT2D eigenvalue weighted by Gasteiger charge is -2.33. The quantitative estimate of drug-likeness (QED) is 0.696. The predicted octanol–water partition coefficient (Wildman–Crippen LogP) is 1.44. The van der Waals surface area contributed by atoms with Crippen molar-refractivity contribution in [3.8, 4) is 0 Å². The number of aromatic amines is 1. The smallest absolute Gasteiger partial charge is 0.104 e. The summed E-state index contributed by atoms with van der Waals surface area (Å²) in [6.07, 6.45) is 1.83. The van der Waals surface area contributed by atoms with Gasteiger partial charge < -0.3 is 15.4 Å². The minimum absolute atomic E-state index is 0.631. The van der Waals surface area contributed by atoms with E-state index in [0.717, 1.165) is 41.8 Å². The van der Waals surface area contributed by atoms with Gasteiger partial charge in [0.25, 0.3) is 0 Å². The van der Waals surface area contributed by atoms with E-state index < -0.39 is 5.60 Å². The highest BCUT2D eigenvalue weighted by Crippen LogP contribution is 2.29. The van der Waals surface area contributed by atoms with Crippen molar-refractivity contribution < 1.29 is 5.11 Å². The molecule has 0 amide bonds. The number of piperidine rings is 1. The van der Waals surface area contributed by atoms with Crippen LogP contribution >= 0.6 is 0 Å². The molecule has 0 bridgehead atoms. The van der Waals surface area contributed by atoms with Crippen molar-refractivity contribution in [1.29, 1.82) is 0 Å². The number of nitrogens with one attached hydrogen (secondary N) is 2. The monoisotopic (exact) mass is 231 g/mol. The molecule has 1 aliphatic rings. The van der Waals surface area contributed by atoms with Crippen LogP contribution < -0.4 is 5.32 Å². The van der Waals surface area contributed by atoms with E-state index >= 15 is 0 Å². The van der Waals surface area contributed by atoms with E-state index in [9.17, 15) is 5.11 Å². The van der Waals surface area contributed by atoms with Crippen LogP contribution in [0.5, 0.6) is 0 Å². The van der Waals surface area contributed by atoms with Gasteiger partial charge in [0.1, 0.15) is 11.4 Å². The zero-order valence-corrected chi connectivity index (χ0v) is 9.95. The molecule has 1 aliphatic heterocycles. The highest BCUT2D eigenvalue weighted by atomic mass is 16.3. The molecule has 4 heteroatoms. The molecule has 0 aliphatic carbocycles. The van der Waals surface area contributed by atoms with Gasteiger partial charge in [0, 0.05) is 6.54 Å². The lowest BCUT2D eigenvalue weighted by Crippen LogP contribution is -2.43. The number of imidazole rings is 1. The number of aromatic nitrogens is 2. The molecule has 4 nitrogen and oxygen atoms in total. The number of benzene rings is 1. The van der Waals surface area contributed by atoms with Gasteiger partial charge in [-0.1, -0.05) is 6.07 Å². The second-order valence-corrected chi connectivity index (χ2v) is 4.87. The Bertz CT molecular complexity index is 541. The summed E-state index contributed by atoms with van der Waals surface area (Å²) >= 11 is 0. The van der Waals surface area contributed by atoms with Crippen LogP contribution in [0.25, 0.3) is 11.0 Å². The summed E-state index contributed by atoms with van der Waals surface area (Å²) in [6, 6.07) is 5.97. The maximum atomic E-state index is 10.6. The SMILES string of the molecule is Cc1nc2ccc(C3(O)CCCNC3)cc2[nH]1. The van der Waals surface area contributed by atoms with E-state index in [1.54, 1.807) is 0 Å². The van der Waals surface area contributed by atoms with E-state index in [4.69, 9.17) is 0 Å². The normalized spacial score (nSPS) is 25.3. The summed E-state index contributed by atoms with van der Waals surface area (Å²) in [5, 5.41) is 13.9. The number of β-amino-alcohol motifs (C(OH)–C–C–N with tert-alkyl or cyclic N) is 1. The molecule has 0 spiro atoms. The van der Waals surface area contributed by atoms with Crippen molar-refractivity contribution in [1.82, 2.24) is 15.3 Å². The number of H-pyrrole nitrogens is 1. The zero-order valence-electron chi connectivity index (χ0n) is 9.95. The highest BCUT2D eigenvalue weighted by molar-refractivity contribution is 5.76. The summed E-state index contributed by atoms with van der Waals surface area (Å²) in [5.74, 6) is 0.908. The average molecular weight is 231 g/mol. The van der Waals surface area contributed by atoms with E-state index in [1.807, 2.05) is 25.1 Å². The van der Waals surface area contributed by atoms with Gasteiger partial charge in [-0.15, -0.1) is 0 Å². The van der Waals surface area contributed by atoms with Crippen molar-refractivity contribution in [3.63, 3.8) is 0 Å². The van der Waals surface area contributed by atoms with E-state index in [-0.39, 0.29) is 0 Å². The number of aliphatic hydroxyl groups is 1. The Hall–Kier alpha value is -1.39. The van der Waals surface area contributed by atoms with Gasteiger partial charge in [-0.25, -0.2) is 4.98 Å². The fourth-order valence-corrected chi connectivity index (χ4v) is 2.56. The molecule has 17 heavy (non-hydrogen) atoms. The summed E-state index contributed by atoms with van der Waals surface area (Å²) < 4.78 is 0. The Morgan fingerprint density at radius 3 is 3.06 bits per heavy atom. The van der Waals surface area contributed by atoms with Crippen LogP contribution in [0.2, 0.25) is 0 Å². The minimum atomic E-state index is -0.731. The third-order valence-corrected chi connectivity index (χ3v) is 3.50. The first-order chi connectivity index (χ1) is 8.17. The van der Waals surface area contributed by atoms with Crippen LogP contribution in [-0.2, 0) is 5.60 Å². The molecule has 3 rings (SSSR count). The van der Waals surface area contributed by atoms with Gasteiger partial charge in [0.15, 0.2) is 0 Å². The number of rotatable bonds is 1. The molecule has 0 radical (unpaired) electrons. The van der Waals surface area contributed by atoms with Crippen LogP contribution in [0.1, 0.15) is 24.2 Å². The fraction of sp³-hybridized carbons (Fsp3) is 0.462. The average Bonchev–Trinajstić information content (AvgIpc) is 2.69. The Labute approximate surface area is 100 Å². The lowest BCUT2D eigenvalue weighted by atomic mass is 9.86. The molecule has 1 aromatic carbocycles. The lowest BCUT2D eigenvalue weighted by molar-refractivity contribution is 0.0124. The van der Waals surface area contributed by atoms with Crippen LogP contribution in [0.15, 0.2) is 18.2 Å². The van der Waals surface area contributed by atoms with Crippen molar-refractivity contribution in [2.24, 2.45) is 0 Å². The van der Waals surface area contributed by atoms with Gasteiger partial charge >= 0.3 is 0 Å².